The van der Waals surface area contributed by atoms with Crippen LogP contribution < -0.4 is 14.8 Å². The van der Waals surface area contributed by atoms with Crippen molar-refractivity contribution in [2.45, 2.75) is 19.9 Å². The first-order chi connectivity index (χ1) is 11.0. The molecule has 0 unspecified atom stereocenters. The number of pyridine rings is 1. The Kier molecular flexibility index (Phi) is 5.16. The molecule has 0 saturated carbocycles. The van der Waals surface area contributed by atoms with E-state index in [1.54, 1.807) is 32.2 Å². The Labute approximate surface area is 134 Å². The highest BCUT2D eigenvalue weighted by atomic mass is 19.1. The van der Waals surface area contributed by atoms with Crippen molar-refractivity contribution in [3.8, 4) is 11.5 Å². The van der Waals surface area contributed by atoms with E-state index in [4.69, 9.17) is 9.47 Å². The first-order valence-corrected chi connectivity index (χ1v) is 7.11. The number of aromatic nitrogens is 1. The smallest absolute Gasteiger partial charge is 0.253 e. The van der Waals surface area contributed by atoms with Crippen LogP contribution in [0.25, 0.3) is 0 Å². The summed E-state index contributed by atoms with van der Waals surface area (Å²) < 4.78 is 24.5. The maximum atomic E-state index is 14.2. The zero-order chi connectivity index (χ0) is 17.0. The van der Waals surface area contributed by atoms with E-state index in [0.29, 0.717) is 28.3 Å². The zero-order valence-corrected chi connectivity index (χ0v) is 13.5. The molecule has 122 valence electrons. The number of hydrogen-bond donors (Lipinski definition) is 1. The molecule has 1 atom stereocenters. The molecule has 1 aromatic heterocycles. The molecule has 1 amide bonds. The highest BCUT2D eigenvalue weighted by molar-refractivity contribution is 5.95. The molecule has 1 N–H and O–H groups in total. The molecule has 0 fully saturated rings. The number of rotatable bonds is 5. The molecular formula is C17H19FN2O3. The Morgan fingerprint density at radius 1 is 1.26 bits per heavy atom. The molecule has 0 aliphatic carbocycles. The number of aryl methyl sites for hydroxylation is 1. The molecule has 1 aromatic carbocycles. The van der Waals surface area contributed by atoms with Gasteiger partial charge in [-0.2, -0.15) is 0 Å². The maximum absolute atomic E-state index is 14.2. The number of nitrogens with zero attached hydrogens (tertiary/aromatic N) is 1. The Morgan fingerprint density at radius 3 is 2.52 bits per heavy atom. The molecule has 0 spiro atoms. The largest absolute Gasteiger partial charge is 0.493 e. The third-order valence-corrected chi connectivity index (χ3v) is 3.57. The van der Waals surface area contributed by atoms with Crippen LogP contribution in [0.1, 0.15) is 34.6 Å². The van der Waals surface area contributed by atoms with Crippen molar-refractivity contribution in [2.24, 2.45) is 0 Å². The molecule has 0 radical (unpaired) electrons. The number of carbonyl (C=O) groups is 1. The number of nitrogens with one attached hydrogen (secondary N) is 1. The molecule has 0 aliphatic rings. The van der Waals surface area contributed by atoms with Crippen molar-refractivity contribution in [2.75, 3.05) is 14.2 Å². The second-order valence-electron chi connectivity index (χ2n) is 5.06. The Hall–Kier alpha value is -2.63. The molecule has 0 bridgehead atoms. The first-order valence-electron chi connectivity index (χ1n) is 7.11. The third-order valence-electron chi connectivity index (χ3n) is 3.57. The van der Waals surface area contributed by atoms with Crippen molar-refractivity contribution in [1.82, 2.24) is 10.3 Å². The van der Waals surface area contributed by atoms with Gasteiger partial charge in [-0.05, 0) is 32.0 Å². The van der Waals surface area contributed by atoms with Gasteiger partial charge in [-0.25, -0.2) is 4.39 Å². The van der Waals surface area contributed by atoms with E-state index >= 15 is 0 Å². The minimum atomic E-state index is -0.540. The second kappa shape index (κ2) is 7.09. The minimum absolute atomic E-state index is 0.301. The Bertz CT molecular complexity index is 719. The van der Waals surface area contributed by atoms with Gasteiger partial charge in [0.25, 0.3) is 5.91 Å². The van der Waals surface area contributed by atoms with E-state index in [1.165, 1.54) is 26.4 Å². The molecule has 1 heterocycles. The molecule has 23 heavy (non-hydrogen) atoms. The number of ether oxygens (including phenoxy) is 2. The summed E-state index contributed by atoms with van der Waals surface area (Å²) in [5.41, 5.74) is 1.39. The highest BCUT2D eigenvalue weighted by Gasteiger charge is 2.19. The Balaban J connectivity index is 2.25. The molecule has 0 saturated heterocycles. The standard InChI is InChI=1S/C17H19FN2O3/c1-10-12(6-5-7-19-10)17(21)20-11(2)13-8-15(22-3)16(23-4)9-14(13)18/h5-9,11H,1-4H3,(H,20,21)/t11-/m0/s1. The predicted molar refractivity (Wildman–Crippen MR) is 84.4 cm³/mol. The fraction of sp³-hybridized carbons (Fsp3) is 0.294. The number of methoxy groups -OCH3 is 2. The topological polar surface area (TPSA) is 60.5 Å². The van der Waals surface area contributed by atoms with Gasteiger partial charge in [-0.3, -0.25) is 9.78 Å². The summed E-state index contributed by atoms with van der Waals surface area (Å²) in [5, 5.41) is 2.77. The summed E-state index contributed by atoms with van der Waals surface area (Å²) in [6.45, 7) is 3.45. The number of halogens is 1. The van der Waals surface area contributed by atoms with Crippen molar-refractivity contribution < 1.29 is 18.7 Å². The van der Waals surface area contributed by atoms with Crippen LogP contribution in [0.4, 0.5) is 4.39 Å². The molecule has 2 aromatic rings. The second-order valence-corrected chi connectivity index (χ2v) is 5.06. The van der Waals surface area contributed by atoms with Crippen LogP contribution in [0.15, 0.2) is 30.5 Å². The highest BCUT2D eigenvalue weighted by Crippen LogP contribution is 2.32. The number of carbonyl (C=O) groups excluding carboxylic acids is 1. The number of amides is 1. The average molecular weight is 318 g/mol. The SMILES string of the molecule is COc1cc(F)c([C@H](C)NC(=O)c2cccnc2C)cc1OC. The molecule has 5 nitrogen and oxygen atoms in total. The number of benzene rings is 1. The lowest BCUT2D eigenvalue weighted by Crippen LogP contribution is -2.28. The summed E-state index contributed by atoms with van der Waals surface area (Å²) in [7, 11) is 2.91. The van der Waals surface area contributed by atoms with E-state index in [2.05, 4.69) is 10.3 Å². The molecule has 2 rings (SSSR count). The van der Waals surface area contributed by atoms with Crippen LogP contribution in [0.3, 0.4) is 0 Å². The lowest BCUT2D eigenvalue weighted by molar-refractivity contribution is 0.0938. The third kappa shape index (κ3) is 3.59. The lowest BCUT2D eigenvalue weighted by atomic mass is 10.1. The molecule has 6 heteroatoms. The fourth-order valence-electron chi connectivity index (χ4n) is 2.28. The van der Waals surface area contributed by atoms with Crippen LogP contribution in [0.5, 0.6) is 11.5 Å². The van der Waals surface area contributed by atoms with Gasteiger partial charge in [0.2, 0.25) is 0 Å². The first kappa shape index (κ1) is 16.7. The van der Waals surface area contributed by atoms with Crippen molar-refractivity contribution >= 4 is 5.91 Å². The van der Waals surface area contributed by atoms with Gasteiger partial charge in [-0.15, -0.1) is 0 Å². The van der Waals surface area contributed by atoms with Gasteiger partial charge in [0.1, 0.15) is 5.82 Å². The van der Waals surface area contributed by atoms with E-state index in [-0.39, 0.29) is 5.91 Å². The van der Waals surface area contributed by atoms with E-state index < -0.39 is 11.9 Å². The van der Waals surface area contributed by atoms with Gasteiger partial charge in [0.05, 0.1) is 25.8 Å². The number of hydrogen-bond acceptors (Lipinski definition) is 4. The van der Waals surface area contributed by atoms with Crippen molar-refractivity contribution in [3.05, 3.63) is 53.1 Å². The van der Waals surface area contributed by atoms with Crippen LogP contribution in [-0.2, 0) is 0 Å². The summed E-state index contributed by atoms with van der Waals surface area (Å²) in [4.78, 5) is 16.4. The van der Waals surface area contributed by atoms with Gasteiger partial charge < -0.3 is 14.8 Å². The molecule has 0 aliphatic heterocycles. The monoisotopic (exact) mass is 318 g/mol. The fourth-order valence-corrected chi connectivity index (χ4v) is 2.28. The van der Waals surface area contributed by atoms with Gasteiger partial charge in [0.15, 0.2) is 11.5 Å². The summed E-state index contributed by atoms with van der Waals surface area (Å²) in [6.07, 6.45) is 1.61. The predicted octanol–water partition coefficient (Wildman–Crippen LogP) is 3.04. The lowest BCUT2D eigenvalue weighted by Gasteiger charge is -2.18. The summed E-state index contributed by atoms with van der Waals surface area (Å²) in [6, 6.07) is 5.59. The van der Waals surface area contributed by atoms with Crippen LogP contribution in [-0.4, -0.2) is 25.1 Å². The van der Waals surface area contributed by atoms with Gasteiger partial charge in [-0.1, -0.05) is 0 Å². The van der Waals surface area contributed by atoms with Crippen molar-refractivity contribution in [1.29, 1.82) is 0 Å². The van der Waals surface area contributed by atoms with E-state index in [0.717, 1.165) is 0 Å². The van der Waals surface area contributed by atoms with Crippen LogP contribution in [0.2, 0.25) is 0 Å². The minimum Gasteiger partial charge on any atom is -0.493 e. The summed E-state index contributed by atoms with van der Waals surface area (Å²) in [5.74, 6) is -0.0754. The van der Waals surface area contributed by atoms with Crippen LogP contribution in [0, 0.1) is 12.7 Å². The van der Waals surface area contributed by atoms with Crippen LogP contribution >= 0.6 is 0 Å². The summed E-state index contributed by atoms with van der Waals surface area (Å²) >= 11 is 0. The average Bonchev–Trinajstić information content (AvgIpc) is 2.54. The zero-order valence-electron chi connectivity index (χ0n) is 13.5. The molecular weight excluding hydrogens is 299 g/mol. The van der Waals surface area contributed by atoms with Gasteiger partial charge >= 0.3 is 0 Å². The van der Waals surface area contributed by atoms with Gasteiger partial charge in [0, 0.05) is 23.5 Å². The van der Waals surface area contributed by atoms with E-state index in [1.807, 2.05) is 0 Å². The quantitative estimate of drug-likeness (QED) is 0.920. The maximum Gasteiger partial charge on any atom is 0.253 e. The van der Waals surface area contributed by atoms with E-state index in [9.17, 15) is 9.18 Å². The Morgan fingerprint density at radius 2 is 1.91 bits per heavy atom. The van der Waals surface area contributed by atoms with Crippen molar-refractivity contribution in [3.63, 3.8) is 0 Å². The normalized spacial score (nSPS) is 11.7.